The lowest BCUT2D eigenvalue weighted by atomic mass is 10.1. The second-order valence-electron chi connectivity index (χ2n) is 5.89. The average Bonchev–Trinajstić information content (AvgIpc) is 3.31. The van der Waals surface area contributed by atoms with Crippen LogP contribution in [0.15, 0.2) is 42.5 Å². The fourth-order valence-electron chi connectivity index (χ4n) is 2.78. The van der Waals surface area contributed by atoms with E-state index < -0.39 is 0 Å². The van der Waals surface area contributed by atoms with Crippen molar-refractivity contribution in [3.05, 3.63) is 64.3 Å². The van der Waals surface area contributed by atoms with Crippen molar-refractivity contribution in [3.8, 4) is 17.2 Å². The third kappa shape index (κ3) is 3.08. The van der Waals surface area contributed by atoms with Gasteiger partial charge >= 0.3 is 0 Å². The van der Waals surface area contributed by atoms with Crippen LogP contribution in [-0.2, 0) is 0 Å². The minimum absolute atomic E-state index is 0.170. The van der Waals surface area contributed by atoms with Crippen LogP contribution in [0.2, 0.25) is 0 Å². The number of ketones is 1. The fourth-order valence-corrected chi connectivity index (χ4v) is 3.82. The van der Waals surface area contributed by atoms with E-state index in [1.807, 2.05) is 6.07 Å². The summed E-state index contributed by atoms with van der Waals surface area (Å²) in [6.07, 6.45) is 0. The fraction of sp³-hybridized carbons (Fsp3) is 0.100. The van der Waals surface area contributed by atoms with Crippen molar-refractivity contribution in [2.75, 3.05) is 25.0 Å². The summed E-state index contributed by atoms with van der Waals surface area (Å²) in [5.74, 6) is 1.70. The number of hydrogen-bond donors (Lipinski definition) is 2. The molecule has 4 rings (SSSR count). The molecule has 140 valence electrons. The Morgan fingerprint density at radius 1 is 1.21 bits per heavy atom. The normalized spacial score (nSPS) is 11.7. The predicted molar refractivity (Wildman–Crippen MR) is 107 cm³/mol. The van der Waals surface area contributed by atoms with Crippen molar-refractivity contribution in [1.29, 1.82) is 0 Å². The Bertz CT molecular complexity index is 1100. The molecule has 3 aromatic rings. The third-order valence-electron chi connectivity index (χ3n) is 4.22. The van der Waals surface area contributed by atoms with Crippen LogP contribution >= 0.6 is 11.3 Å². The lowest BCUT2D eigenvalue weighted by molar-refractivity contribution is 0.104. The van der Waals surface area contributed by atoms with Gasteiger partial charge in [0.2, 0.25) is 18.3 Å². The summed E-state index contributed by atoms with van der Waals surface area (Å²) in [4.78, 5) is 16.7. The van der Waals surface area contributed by atoms with Crippen LogP contribution in [0, 0.1) is 6.57 Å². The summed E-state index contributed by atoms with van der Waals surface area (Å²) in [5, 5.41) is 3.66. The molecule has 2 aromatic carbocycles. The number of nitrogens with two attached hydrogens (primary N) is 1. The van der Waals surface area contributed by atoms with Crippen LogP contribution < -0.4 is 25.3 Å². The Balaban J connectivity index is 1.66. The minimum atomic E-state index is -0.242. The van der Waals surface area contributed by atoms with Crippen LogP contribution in [0.1, 0.15) is 15.2 Å². The zero-order valence-corrected chi connectivity index (χ0v) is 15.6. The first-order valence-corrected chi connectivity index (χ1v) is 9.07. The summed E-state index contributed by atoms with van der Waals surface area (Å²) >= 11 is 1.15. The highest BCUT2D eigenvalue weighted by atomic mass is 32.1. The van der Waals surface area contributed by atoms with Gasteiger partial charge in [-0.15, -0.1) is 11.3 Å². The SMILES string of the molecule is [C-]#[N+]c1c(Nc2ccc3c(c2)OCO3)sc(C(=O)c2ccc(OC)cc2)c1N. The molecule has 0 atom stereocenters. The maximum atomic E-state index is 12.9. The van der Waals surface area contributed by atoms with E-state index in [0.717, 1.165) is 11.3 Å². The number of fused-ring (bicyclic) bond motifs is 1. The van der Waals surface area contributed by atoms with Crippen molar-refractivity contribution in [1.82, 2.24) is 0 Å². The molecule has 7 nitrogen and oxygen atoms in total. The van der Waals surface area contributed by atoms with E-state index >= 15 is 0 Å². The van der Waals surface area contributed by atoms with E-state index in [0.29, 0.717) is 38.4 Å². The zero-order chi connectivity index (χ0) is 19.7. The van der Waals surface area contributed by atoms with Gasteiger partial charge < -0.3 is 25.3 Å². The highest BCUT2D eigenvalue weighted by molar-refractivity contribution is 7.19. The topological polar surface area (TPSA) is 87.2 Å². The van der Waals surface area contributed by atoms with Crippen molar-refractivity contribution in [3.63, 3.8) is 0 Å². The van der Waals surface area contributed by atoms with Crippen LogP contribution in [0.5, 0.6) is 17.2 Å². The molecule has 0 aliphatic carbocycles. The molecular weight excluding hydrogens is 378 g/mol. The molecule has 1 aromatic heterocycles. The number of nitrogens with one attached hydrogen (secondary N) is 1. The zero-order valence-electron chi connectivity index (χ0n) is 14.8. The molecule has 8 heteroatoms. The molecule has 3 N–H and O–H groups in total. The third-order valence-corrected chi connectivity index (χ3v) is 5.33. The molecule has 0 saturated heterocycles. The number of nitrogens with zero attached hydrogens (tertiary/aromatic N) is 1. The Hall–Kier alpha value is -3.70. The summed E-state index contributed by atoms with van der Waals surface area (Å²) in [5.41, 5.74) is 7.69. The van der Waals surface area contributed by atoms with Gasteiger partial charge in [-0.1, -0.05) is 0 Å². The summed E-state index contributed by atoms with van der Waals surface area (Å²) in [6, 6.07) is 12.1. The number of anilines is 3. The predicted octanol–water partition coefficient (Wildman–Crippen LogP) is 4.59. The Morgan fingerprint density at radius 3 is 2.68 bits per heavy atom. The summed E-state index contributed by atoms with van der Waals surface area (Å²) in [6.45, 7) is 7.64. The molecule has 0 bridgehead atoms. The largest absolute Gasteiger partial charge is 0.497 e. The molecule has 0 unspecified atom stereocenters. The van der Waals surface area contributed by atoms with E-state index in [2.05, 4.69) is 10.2 Å². The van der Waals surface area contributed by atoms with Gasteiger partial charge in [-0.3, -0.25) is 4.79 Å². The maximum Gasteiger partial charge on any atom is 0.243 e. The highest BCUT2D eigenvalue weighted by Gasteiger charge is 2.23. The molecule has 28 heavy (non-hydrogen) atoms. The monoisotopic (exact) mass is 393 g/mol. The number of ether oxygens (including phenoxy) is 3. The molecule has 1 aliphatic rings. The number of hydrogen-bond acceptors (Lipinski definition) is 7. The smallest absolute Gasteiger partial charge is 0.243 e. The number of carbonyl (C=O) groups excluding carboxylic acids is 1. The van der Waals surface area contributed by atoms with E-state index in [1.165, 1.54) is 0 Å². The number of carbonyl (C=O) groups is 1. The van der Waals surface area contributed by atoms with Crippen molar-refractivity contribution in [2.45, 2.75) is 0 Å². The van der Waals surface area contributed by atoms with Gasteiger partial charge in [0.25, 0.3) is 0 Å². The minimum Gasteiger partial charge on any atom is -0.497 e. The number of thiophene rings is 1. The molecule has 0 amide bonds. The highest BCUT2D eigenvalue weighted by Crippen LogP contribution is 2.45. The van der Waals surface area contributed by atoms with Gasteiger partial charge in [-0.25, -0.2) is 4.85 Å². The van der Waals surface area contributed by atoms with Gasteiger partial charge in [-0.05, 0) is 36.4 Å². The second kappa shape index (κ2) is 7.13. The molecule has 0 saturated carbocycles. The molecule has 1 aliphatic heterocycles. The molecular formula is C20H15N3O4S. The Kier molecular flexibility index (Phi) is 4.51. The van der Waals surface area contributed by atoms with Crippen molar-refractivity contribution in [2.24, 2.45) is 0 Å². The van der Waals surface area contributed by atoms with Crippen LogP contribution in [0.4, 0.5) is 22.1 Å². The summed E-state index contributed by atoms with van der Waals surface area (Å²) in [7, 11) is 1.56. The number of nitrogen functional groups attached to an aromatic ring is 1. The number of methoxy groups -OCH3 is 1. The number of rotatable bonds is 5. The molecule has 0 fully saturated rings. The van der Waals surface area contributed by atoms with Crippen molar-refractivity contribution >= 4 is 39.2 Å². The first-order chi connectivity index (χ1) is 13.6. The van der Waals surface area contributed by atoms with E-state index in [-0.39, 0.29) is 24.0 Å². The lowest BCUT2D eigenvalue weighted by Gasteiger charge is -2.05. The van der Waals surface area contributed by atoms with E-state index in [9.17, 15) is 4.79 Å². The lowest BCUT2D eigenvalue weighted by Crippen LogP contribution is -2.01. The maximum absolute atomic E-state index is 12.9. The van der Waals surface area contributed by atoms with E-state index in [1.54, 1.807) is 43.5 Å². The van der Waals surface area contributed by atoms with Gasteiger partial charge in [0, 0.05) is 17.3 Å². The van der Waals surface area contributed by atoms with Gasteiger partial charge in [-0.2, -0.15) is 0 Å². The second-order valence-corrected chi connectivity index (χ2v) is 6.91. The molecule has 2 heterocycles. The van der Waals surface area contributed by atoms with Crippen molar-refractivity contribution < 1.29 is 19.0 Å². The number of benzene rings is 2. The Labute approximate surface area is 165 Å². The average molecular weight is 393 g/mol. The first kappa shape index (κ1) is 17.7. The molecule has 0 radical (unpaired) electrons. The Morgan fingerprint density at radius 2 is 1.96 bits per heavy atom. The van der Waals surface area contributed by atoms with Crippen LogP contribution in [-0.4, -0.2) is 19.7 Å². The van der Waals surface area contributed by atoms with Gasteiger partial charge in [0.1, 0.15) is 10.8 Å². The van der Waals surface area contributed by atoms with E-state index in [4.69, 9.17) is 26.5 Å². The van der Waals surface area contributed by atoms with Crippen LogP contribution in [0.25, 0.3) is 4.85 Å². The van der Waals surface area contributed by atoms with Crippen LogP contribution in [0.3, 0.4) is 0 Å². The van der Waals surface area contributed by atoms with Gasteiger partial charge in [0.05, 0.1) is 24.2 Å². The quantitative estimate of drug-likeness (QED) is 0.487. The first-order valence-electron chi connectivity index (χ1n) is 8.26. The summed E-state index contributed by atoms with van der Waals surface area (Å²) < 4.78 is 15.8. The molecule has 0 spiro atoms. The van der Waals surface area contributed by atoms with Gasteiger partial charge in [0.15, 0.2) is 11.5 Å². The standard InChI is InChI=1S/C20H15N3O4S/c1-22-17-16(21)19(18(24)11-3-6-13(25-2)7-4-11)28-20(17)23-12-5-8-14-15(9-12)27-10-26-14/h3-9,23H,10,21H2,2H3.